The van der Waals surface area contributed by atoms with Gasteiger partial charge < -0.3 is 0 Å². The quantitative estimate of drug-likeness (QED) is 0.786. The van der Waals surface area contributed by atoms with Crippen molar-refractivity contribution in [1.82, 2.24) is 0 Å². The molecule has 0 bridgehead atoms. The average molecular weight is 308 g/mol. The molecule has 0 radical (unpaired) electrons. The van der Waals surface area contributed by atoms with Crippen LogP contribution < -0.4 is 4.90 Å². The first kappa shape index (κ1) is 15.2. The number of nitrogens with zero attached hydrogens (tertiary/aromatic N) is 2. The van der Waals surface area contributed by atoms with Crippen molar-refractivity contribution in [2.24, 2.45) is 0 Å². The minimum Gasteiger partial charge on any atom is -0.285 e. The van der Waals surface area contributed by atoms with Gasteiger partial charge >= 0.3 is 0 Å². The molecule has 1 unspecified atom stereocenters. The zero-order valence-corrected chi connectivity index (χ0v) is 13.3. The molecule has 1 atom stereocenters. The van der Waals surface area contributed by atoms with Crippen LogP contribution in [0.15, 0.2) is 42.5 Å². The van der Waals surface area contributed by atoms with Crippen molar-refractivity contribution in [3.05, 3.63) is 65.0 Å². The van der Waals surface area contributed by atoms with Crippen LogP contribution in [0, 0.1) is 17.1 Å². The zero-order valence-electron chi connectivity index (χ0n) is 13.3. The van der Waals surface area contributed by atoms with Crippen LogP contribution in [-0.4, -0.2) is 5.91 Å². The maximum Gasteiger partial charge on any atom is 0.260 e. The fourth-order valence-corrected chi connectivity index (χ4v) is 2.86. The summed E-state index contributed by atoms with van der Waals surface area (Å²) in [4.78, 5) is 13.9. The van der Waals surface area contributed by atoms with Crippen molar-refractivity contribution in [2.75, 3.05) is 4.90 Å². The van der Waals surface area contributed by atoms with E-state index in [1.54, 1.807) is 18.2 Å². The van der Waals surface area contributed by atoms with Gasteiger partial charge in [-0.1, -0.05) is 45.0 Å². The molecule has 2 aromatic rings. The number of benzene rings is 2. The maximum atomic E-state index is 14.1. The molecule has 3 rings (SSSR count). The Morgan fingerprint density at radius 2 is 1.87 bits per heavy atom. The minimum atomic E-state index is -0.809. The van der Waals surface area contributed by atoms with Crippen LogP contribution in [0.2, 0.25) is 0 Å². The van der Waals surface area contributed by atoms with Gasteiger partial charge in [0.1, 0.15) is 5.82 Å². The summed E-state index contributed by atoms with van der Waals surface area (Å²) in [5, 5.41) is 9.58. The number of rotatable bonds is 1. The van der Waals surface area contributed by atoms with E-state index in [0.717, 1.165) is 5.56 Å². The summed E-state index contributed by atoms with van der Waals surface area (Å²) in [6.07, 6.45) is 0. The van der Waals surface area contributed by atoms with E-state index in [4.69, 9.17) is 0 Å². The second-order valence-electron chi connectivity index (χ2n) is 6.71. The largest absolute Gasteiger partial charge is 0.285 e. The van der Waals surface area contributed by atoms with E-state index in [2.05, 4.69) is 26.8 Å². The van der Waals surface area contributed by atoms with Crippen LogP contribution in [0.25, 0.3) is 0 Å². The zero-order chi connectivity index (χ0) is 16.8. The Morgan fingerprint density at radius 3 is 2.48 bits per heavy atom. The Bertz CT molecular complexity index is 830. The lowest BCUT2D eigenvalue weighted by Crippen LogP contribution is -2.27. The maximum absolute atomic E-state index is 14.1. The SMILES string of the molecule is CC(C)(C)c1ccc2c(c1)C(C#N)N(c1ccccc1F)C2=O. The second kappa shape index (κ2) is 5.20. The molecule has 3 nitrogen and oxygen atoms in total. The molecule has 0 fully saturated rings. The van der Waals surface area contributed by atoms with Gasteiger partial charge in [-0.05, 0) is 29.2 Å². The molecule has 0 aliphatic carbocycles. The van der Waals surface area contributed by atoms with Crippen LogP contribution in [0.1, 0.15) is 48.3 Å². The number of hydrogen-bond acceptors (Lipinski definition) is 2. The van der Waals surface area contributed by atoms with Crippen LogP contribution in [-0.2, 0) is 5.41 Å². The van der Waals surface area contributed by atoms with Gasteiger partial charge in [0.05, 0.1) is 11.8 Å². The van der Waals surface area contributed by atoms with Gasteiger partial charge in [0.15, 0.2) is 6.04 Å². The van der Waals surface area contributed by atoms with E-state index in [1.165, 1.54) is 17.0 Å². The highest BCUT2D eigenvalue weighted by molar-refractivity contribution is 6.11. The number of hydrogen-bond donors (Lipinski definition) is 0. The Morgan fingerprint density at radius 1 is 1.17 bits per heavy atom. The summed E-state index contributed by atoms with van der Waals surface area (Å²) >= 11 is 0. The summed E-state index contributed by atoms with van der Waals surface area (Å²) in [6, 6.07) is 12.9. The summed E-state index contributed by atoms with van der Waals surface area (Å²) in [5.74, 6) is -0.845. The van der Waals surface area contributed by atoms with Crippen LogP contribution >= 0.6 is 0 Å². The molecule has 4 heteroatoms. The highest BCUT2D eigenvalue weighted by Crippen LogP contribution is 2.39. The molecule has 0 saturated carbocycles. The van der Waals surface area contributed by atoms with E-state index < -0.39 is 11.9 Å². The Hall–Kier alpha value is -2.67. The first-order chi connectivity index (χ1) is 10.8. The highest BCUT2D eigenvalue weighted by Gasteiger charge is 2.39. The fraction of sp³-hybridized carbons (Fsp3) is 0.263. The van der Waals surface area contributed by atoms with E-state index in [-0.39, 0.29) is 17.0 Å². The second-order valence-corrected chi connectivity index (χ2v) is 6.71. The summed E-state index contributed by atoms with van der Waals surface area (Å²) < 4.78 is 14.1. The van der Waals surface area contributed by atoms with Gasteiger partial charge in [-0.3, -0.25) is 9.69 Å². The van der Waals surface area contributed by atoms with E-state index in [9.17, 15) is 14.4 Å². The van der Waals surface area contributed by atoms with Crippen molar-refractivity contribution in [3.8, 4) is 6.07 Å². The first-order valence-corrected chi connectivity index (χ1v) is 7.46. The van der Waals surface area contributed by atoms with Crippen molar-refractivity contribution in [3.63, 3.8) is 0 Å². The third kappa shape index (κ3) is 2.39. The van der Waals surface area contributed by atoms with Gasteiger partial charge in [0.2, 0.25) is 0 Å². The molecular formula is C19H17FN2O. The van der Waals surface area contributed by atoms with Gasteiger partial charge in [0, 0.05) is 11.1 Å². The summed E-state index contributed by atoms with van der Waals surface area (Å²) in [5.41, 5.74) is 2.20. The highest BCUT2D eigenvalue weighted by atomic mass is 19.1. The number of halogens is 1. The molecule has 2 aromatic carbocycles. The number of anilines is 1. The average Bonchev–Trinajstić information content (AvgIpc) is 2.79. The van der Waals surface area contributed by atoms with Crippen molar-refractivity contribution >= 4 is 11.6 Å². The molecule has 1 heterocycles. The molecule has 0 aromatic heterocycles. The van der Waals surface area contributed by atoms with Gasteiger partial charge in [-0.25, -0.2) is 4.39 Å². The number of nitriles is 1. The minimum absolute atomic E-state index is 0.0937. The van der Waals surface area contributed by atoms with Crippen molar-refractivity contribution in [2.45, 2.75) is 32.2 Å². The molecular weight excluding hydrogens is 291 g/mol. The molecule has 1 amide bonds. The summed E-state index contributed by atoms with van der Waals surface area (Å²) in [6.45, 7) is 6.21. The predicted octanol–water partition coefficient (Wildman–Crippen LogP) is 4.35. The smallest absolute Gasteiger partial charge is 0.260 e. The monoisotopic (exact) mass is 308 g/mol. The first-order valence-electron chi connectivity index (χ1n) is 7.46. The van der Waals surface area contributed by atoms with Gasteiger partial charge in [-0.15, -0.1) is 0 Å². The lowest BCUT2D eigenvalue weighted by molar-refractivity contribution is 0.0993. The third-order valence-corrected chi connectivity index (χ3v) is 4.15. The molecule has 23 heavy (non-hydrogen) atoms. The number of amides is 1. The molecule has 0 saturated heterocycles. The lowest BCUT2D eigenvalue weighted by atomic mass is 9.85. The predicted molar refractivity (Wildman–Crippen MR) is 86.7 cm³/mol. The molecule has 116 valence electrons. The topological polar surface area (TPSA) is 44.1 Å². The van der Waals surface area contributed by atoms with Crippen LogP contribution in [0.5, 0.6) is 0 Å². The number of para-hydroxylation sites is 1. The van der Waals surface area contributed by atoms with E-state index in [1.807, 2.05) is 12.1 Å². The van der Waals surface area contributed by atoms with Crippen LogP contribution in [0.4, 0.5) is 10.1 Å². The summed E-state index contributed by atoms with van der Waals surface area (Å²) in [7, 11) is 0. The standard InChI is InChI=1S/C19H17FN2O/c1-19(2,3)12-8-9-13-14(10-12)17(11-21)22(18(13)23)16-7-5-4-6-15(16)20/h4-10,17H,1-3H3. The number of carbonyl (C=O) groups excluding carboxylic acids is 1. The van der Waals surface area contributed by atoms with Crippen LogP contribution in [0.3, 0.4) is 0 Å². The van der Waals surface area contributed by atoms with E-state index in [0.29, 0.717) is 11.1 Å². The van der Waals surface area contributed by atoms with Crippen molar-refractivity contribution in [1.29, 1.82) is 5.26 Å². The molecule has 1 aliphatic heterocycles. The van der Waals surface area contributed by atoms with E-state index >= 15 is 0 Å². The normalized spacial score (nSPS) is 17.1. The molecule has 0 N–H and O–H groups in total. The Balaban J connectivity index is 2.16. The van der Waals surface area contributed by atoms with Crippen molar-refractivity contribution < 1.29 is 9.18 Å². The molecule has 1 aliphatic rings. The molecule has 0 spiro atoms. The van der Waals surface area contributed by atoms with Gasteiger partial charge in [-0.2, -0.15) is 5.26 Å². The fourth-order valence-electron chi connectivity index (χ4n) is 2.86. The Labute approximate surface area is 135 Å². The van der Waals surface area contributed by atoms with Gasteiger partial charge in [0.25, 0.3) is 5.91 Å². The third-order valence-electron chi connectivity index (χ3n) is 4.15. The number of fused-ring (bicyclic) bond motifs is 1. The lowest BCUT2D eigenvalue weighted by Gasteiger charge is -2.22. The number of carbonyl (C=O) groups is 1. The Kier molecular flexibility index (Phi) is 3.45.